The zero-order chi connectivity index (χ0) is 28.5. The Bertz CT molecular complexity index is 1350. The molecule has 1 saturated heterocycles. The van der Waals surface area contributed by atoms with Crippen LogP contribution in [0.4, 0.5) is 23.2 Å². The SMILES string of the molecule is CCN1CCN(c2ccc(-n3c(C(=O)NCC(F)(F)F)nnc3-c3cc(C(C)C)c(O)cc3O)c(F)c2)CC1. The van der Waals surface area contributed by atoms with E-state index in [-0.39, 0.29) is 28.7 Å². The Morgan fingerprint density at radius 3 is 2.33 bits per heavy atom. The number of amides is 1. The second-order valence-electron chi connectivity index (χ2n) is 9.62. The van der Waals surface area contributed by atoms with E-state index in [0.717, 1.165) is 30.3 Å². The van der Waals surface area contributed by atoms with Gasteiger partial charge in [0.2, 0.25) is 5.82 Å². The molecule has 1 aliphatic rings. The first kappa shape index (κ1) is 28.1. The third-order valence-electron chi connectivity index (χ3n) is 6.68. The molecule has 1 fully saturated rings. The Hall–Kier alpha value is -3.87. The molecule has 0 atom stereocenters. The number of likely N-dealkylation sites (N-methyl/N-ethyl adjacent to an activating group) is 1. The van der Waals surface area contributed by atoms with Crippen LogP contribution >= 0.6 is 0 Å². The minimum Gasteiger partial charge on any atom is -0.508 e. The maximum absolute atomic E-state index is 15.7. The monoisotopic (exact) mass is 550 g/mol. The van der Waals surface area contributed by atoms with Crippen molar-refractivity contribution in [2.45, 2.75) is 32.9 Å². The standard InChI is InChI=1S/C26H30F4N6O3/c1-4-34-7-9-35(10-8-34)16-5-6-20(19(27)11-16)36-23(18-12-17(15(2)3)21(37)13-22(18)38)32-33-24(36)25(39)31-14-26(28,29)30/h5-6,11-13,15,37-38H,4,7-10,14H2,1-3H3,(H,31,39). The van der Waals surface area contributed by atoms with Gasteiger partial charge in [-0.1, -0.05) is 20.8 Å². The molecule has 3 aromatic rings. The van der Waals surface area contributed by atoms with Crippen LogP contribution in [0.15, 0.2) is 30.3 Å². The number of rotatable bonds is 7. The molecule has 9 nitrogen and oxygen atoms in total. The van der Waals surface area contributed by atoms with Crippen LogP contribution in [0.3, 0.4) is 0 Å². The summed E-state index contributed by atoms with van der Waals surface area (Å²) >= 11 is 0. The number of halogens is 4. The molecule has 2 heterocycles. The highest BCUT2D eigenvalue weighted by Gasteiger charge is 2.31. The number of nitrogens with zero attached hydrogens (tertiary/aromatic N) is 5. The average Bonchev–Trinajstić information content (AvgIpc) is 3.31. The molecule has 210 valence electrons. The van der Waals surface area contributed by atoms with Crippen LogP contribution in [-0.2, 0) is 0 Å². The molecule has 0 radical (unpaired) electrons. The lowest BCUT2D eigenvalue weighted by molar-refractivity contribution is -0.123. The van der Waals surface area contributed by atoms with Crippen molar-refractivity contribution >= 4 is 11.6 Å². The normalized spacial score (nSPS) is 14.7. The number of nitrogens with one attached hydrogen (secondary N) is 1. The Balaban J connectivity index is 1.81. The van der Waals surface area contributed by atoms with E-state index in [2.05, 4.69) is 22.0 Å². The van der Waals surface area contributed by atoms with E-state index < -0.39 is 36.0 Å². The molecule has 1 aromatic heterocycles. The molecule has 13 heteroatoms. The van der Waals surface area contributed by atoms with Crippen molar-refractivity contribution in [1.82, 2.24) is 25.0 Å². The lowest BCUT2D eigenvalue weighted by atomic mass is 9.98. The molecule has 4 rings (SSSR count). The number of benzene rings is 2. The van der Waals surface area contributed by atoms with Crippen LogP contribution in [0.5, 0.6) is 11.5 Å². The fourth-order valence-electron chi connectivity index (χ4n) is 4.53. The zero-order valence-electron chi connectivity index (χ0n) is 21.8. The van der Waals surface area contributed by atoms with Crippen LogP contribution in [0, 0.1) is 5.82 Å². The number of aromatic hydroxyl groups is 2. The molecule has 0 unspecified atom stereocenters. The Morgan fingerprint density at radius 2 is 1.74 bits per heavy atom. The molecule has 39 heavy (non-hydrogen) atoms. The quantitative estimate of drug-likeness (QED) is 0.381. The summed E-state index contributed by atoms with van der Waals surface area (Å²) in [6.07, 6.45) is -4.68. The summed E-state index contributed by atoms with van der Waals surface area (Å²) in [4.78, 5) is 17.0. The fraction of sp³-hybridized carbons (Fsp3) is 0.423. The van der Waals surface area contributed by atoms with E-state index in [4.69, 9.17) is 0 Å². The van der Waals surface area contributed by atoms with Gasteiger partial charge in [0.25, 0.3) is 5.91 Å². The summed E-state index contributed by atoms with van der Waals surface area (Å²) in [5.74, 6) is -3.57. The number of carbonyl (C=O) groups is 1. The first-order valence-electron chi connectivity index (χ1n) is 12.5. The summed E-state index contributed by atoms with van der Waals surface area (Å²) in [7, 11) is 0. The first-order valence-corrected chi connectivity index (χ1v) is 12.5. The molecular formula is C26H30F4N6O3. The van der Waals surface area contributed by atoms with E-state index in [1.165, 1.54) is 18.2 Å². The number of phenolic OH excluding ortho intramolecular Hbond substituents is 2. The number of piperazine rings is 1. The van der Waals surface area contributed by atoms with Crippen LogP contribution in [0.25, 0.3) is 17.1 Å². The van der Waals surface area contributed by atoms with Gasteiger partial charge in [0, 0.05) is 37.9 Å². The minimum atomic E-state index is -4.68. The van der Waals surface area contributed by atoms with E-state index in [0.29, 0.717) is 24.3 Å². The minimum absolute atomic E-state index is 0.0121. The van der Waals surface area contributed by atoms with E-state index in [9.17, 15) is 28.2 Å². The highest BCUT2D eigenvalue weighted by Crippen LogP contribution is 2.38. The predicted molar refractivity (Wildman–Crippen MR) is 137 cm³/mol. The maximum atomic E-state index is 15.7. The number of carbonyl (C=O) groups excluding carboxylic acids is 1. The summed E-state index contributed by atoms with van der Waals surface area (Å²) in [6.45, 7) is 7.98. The summed E-state index contributed by atoms with van der Waals surface area (Å²) in [6, 6.07) is 6.84. The van der Waals surface area contributed by atoms with Gasteiger partial charge in [-0.3, -0.25) is 9.36 Å². The molecule has 1 aliphatic heterocycles. The van der Waals surface area contributed by atoms with Crippen LogP contribution < -0.4 is 10.2 Å². The van der Waals surface area contributed by atoms with Gasteiger partial charge in [-0.2, -0.15) is 13.2 Å². The van der Waals surface area contributed by atoms with Crippen molar-refractivity contribution in [3.05, 3.63) is 47.5 Å². The van der Waals surface area contributed by atoms with Crippen LogP contribution in [0.2, 0.25) is 0 Å². The Labute approximate surface area is 222 Å². The summed E-state index contributed by atoms with van der Waals surface area (Å²) in [5.41, 5.74) is 0.862. The van der Waals surface area contributed by atoms with Crippen molar-refractivity contribution in [3.8, 4) is 28.6 Å². The van der Waals surface area contributed by atoms with Gasteiger partial charge in [-0.05, 0) is 42.3 Å². The van der Waals surface area contributed by atoms with Gasteiger partial charge in [0.15, 0.2) is 5.82 Å². The molecule has 0 aliphatic carbocycles. The van der Waals surface area contributed by atoms with E-state index in [1.54, 1.807) is 25.2 Å². The van der Waals surface area contributed by atoms with Crippen LogP contribution in [-0.4, -0.2) is 81.2 Å². The number of anilines is 1. The number of alkyl halides is 3. The number of aromatic nitrogens is 3. The van der Waals surface area contributed by atoms with Gasteiger partial charge < -0.3 is 25.3 Å². The lowest BCUT2D eigenvalue weighted by Crippen LogP contribution is -2.46. The van der Waals surface area contributed by atoms with Gasteiger partial charge in [0.1, 0.15) is 23.9 Å². The van der Waals surface area contributed by atoms with Crippen molar-refractivity contribution in [3.63, 3.8) is 0 Å². The highest BCUT2D eigenvalue weighted by atomic mass is 19.4. The van der Waals surface area contributed by atoms with Crippen molar-refractivity contribution < 1.29 is 32.6 Å². The number of hydrogen-bond acceptors (Lipinski definition) is 7. The van der Waals surface area contributed by atoms with Crippen molar-refractivity contribution in [2.24, 2.45) is 0 Å². The largest absolute Gasteiger partial charge is 0.508 e. The molecular weight excluding hydrogens is 520 g/mol. The zero-order valence-corrected chi connectivity index (χ0v) is 21.8. The maximum Gasteiger partial charge on any atom is 0.405 e. The highest BCUT2D eigenvalue weighted by molar-refractivity contribution is 5.92. The third-order valence-corrected chi connectivity index (χ3v) is 6.68. The van der Waals surface area contributed by atoms with Gasteiger partial charge in [0.05, 0.1) is 11.3 Å². The molecule has 0 spiro atoms. The van der Waals surface area contributed by atoms with E-state index in [1.807, 2.05) is 4.90 Å². The summed E-state index contributed by atoms with van der Waals surface area (Å²) < 4.78 is 55.0. The third kappa shape index (κ3) is 6.08. The van der Waals surface area contributed by atoms with E-state index >= 15 is 4.39 Å². The molecule has 3 N–H and O–H groups in total. The van der Waals surface area contributed by atoms with Crippen LogP contribution in [0.1, 0.15) is 42.9 Å². The second-order valence-corrected chi connectivity index (χ2v) is 9.62. The summed E-state index contributed by atoms with van der Waals surface area (Å²) in [5, 5.41) is 30.3. The fourth-order valence-corrected chi connectivity index (χ4v) is 4.53. The van der Waals surface area contributed by atoms with Gasteiger partial charge in [-0.15, -0.1) is 10.2 Å². The Kier molecular flexibility index (Phi) is 8.00. The Morgan fingerprint density at radius 1 is 1.05 bits per heavy atom. The smallest absolute Gasteiger partial charge is 0.405 e. The molecule has 1 amide bonds. The first-order chi connectivity index (χ1) is 18.4. The number of phenols is 2. The van der Waals surface area contributed by atoms with Crippen molar-refractivity contribution in [1.29, 1.82) is 0 Å². The number of hydrogen-bond donors (Lipinski definition) is 3. The molecule has 0 saturated carbocycles. The predicted octanol–water partition coefficient (Wildman–Crippen LogP) is 4.04. The topological polar surface area (TPSA) is 107 Å². The second kappa shape index (κ2) is 11.1. The molecule has 2 aromatic carbocycles. The van der Waals surface area contributed by atoms with Gasteiger partial charge in [-0.25, -0.2) is 4.39 Å². The molecule has 0 bridgehead atoms. The van der Waals surface area contributed by atoms with Crippen molar-refractivity contribution in [2.75, 3.05) is 44.2 Å². The lowest BCUT2D eigenvalue weighted by Gasteiger charge is -2.35. The average molecular weight is 551 g/mol. The van der Waals surface area contributed by atoms with Gasteiger partial charge >= 0.3 is 6.18 Å².